The first-order valence-electron chi connectivity index (χ1n) is 7.29. The Hall–Kier alpha value is -0.740. The van der Waals surface area contributed by atoms with Crippen LogP contribution in [-0.2, 0) is 0 Å². The minimum atomic E-state index is -0.544. The topological polar surface area (TPSA) is 41.5 Å². The fraction of sp³-hybridized carbons (Fsp3) is 0.500. The molecule has 3 nitrogen and oxygen atoms in total. The van der Waals surface area contributed by atoms with Crippen LogP contribution in [0.3, 0.4) is 0 Å². The summed E-state index contributed by atoms with van der Waals surface area (Å²) >= 11 is 11.7. The number of ether oxygens (including phenoxy) is 1. The van der Waals surface area contributed by atoms with Gasteiger partial charge in [0.1, 0.15) is 18.5 Å². The molecule has 2 rings (SSSR count). The molecule has 21 heavy (non-hydrogen) atoms. The van der Waals surface area contributed by atoms with E-state index in [1.54, 1.807) is 18.2 Å². The molecule has 2 N–H and O–H groups in total. The first-order chi connectivity index (χ1) is 10.1. The third-order valence-corrected chi connectivity index (χ3v) is 4.21. The zero-order valence-corrected chi connectivity index (χ0v) is 13.5. The zero-order valence-electron chi connectivity index (χ0n) is 11.9. The molecule has 0 fully saturated rings. The van der Waals surface area contributed by atoms with Gasteiger partial charge in [-0.3, -0.25) is 0 Å². The van der Waals surface area contributed by atoms with Crippen molar-refractivity contribution in [2.45, 2.75) is 31.8 Å². The Kier molecular flexibility index (Phi) is 6.84. The number of halogens is 2. The van der Waals surface area contributed by atoms with E-state index < -0.39 is 6.10 Å². The van der Waals surface area contributed by atoms with Gasteiger partial charge in [0.15, 0.2) is 0 Å². The van der Waals surface area contributed by atoms with Crippen LogP contribution in [0.2, 0.25) is 10.0 Å². The van der Waals surface area contributed by atoms with Crippen LogP contribution in [0.1, 0.15) is 25.7 Å². The summed E-state index contributed by atoms with van der Waals surface area (Å²) in [4.78, 5) is 0. The van der Waals surface area contributed by atoms with Crippen LogP contribution >= 0.6 is 23.2 Å². The summed E-state index contributed by atoms with van der Waals surface area (Å²) in [5.41, 5.74) is 1.53. The van der Waals surface area contributed by atoms with E-state index in [1.165, 1.54) is 24.8 Å². The fourth-order valence-corrected chi connectivity index (χ4v) is 2.59. The summed E-state index contributed by atoms with van der Waals surface area (Å²) in [7, 11) is 0. The largest absolute Gasteiger partial charge is 0.491 e. The molecular formula is C16H21Cl2NO2. The van der Waals surface area contributed by atoms with E-state index in [0.717, 1.165) is 13.0 Å². The second kappa shape index (κ2) is 8.64. The van der Waals surface area contributed by atoms with Crippen LogP contribution in [0, 0.1) is 0 Å². The smallest absolute Gasteiger partial charge is 0.121 e. The summed E-state index contributed by atoms with van der Waals surface area (Å²) in [5, 5.41) is 14.1. The Bertz CT molecular complexity index is 491. The Morgan fingerprint density at radius 3 is 2.86 bits per heavy atom. The highest BCUT2D eigenvalue weighted by Gasteiger charge is 2.07. The van der Waals surface area contributed by atoms with Crippen molar-refractivity contribution in [1.29, 1.82) is 0 Å². The average molecular weight is 330 g/mol. The molecule has 0 aliphatic heterocycles. The molecule has 0 saturated carbocycles. The first-order valence-corrected chi connectivity index (χ1v) is 8.05. The summed E-state index contributed by atoms with van der Waals surface area (Å²) in [6.07, 6.45) is 6.58. The van der Waals surface area contributed by atoms with E-state index in [9.17, 15) is 5.11 Å². The number of rotatable bonds is 8. The van der Waals surface area contributed by atoms with Gasteiger partial charge in [0.05, 0.1) is 10.0 Å². The molecular weight excluding hydrogens is 309 g/mol. The van der Waals surface area contributed by atoms with E-state index in [1.807, 2.05) is 0 Å². The minimum absolute atomic E-state index is 0.230. The van der Waals surface area contributed by atoms with Gasteiger partial charge in [-0.05, 0) is 44.4 Å². The zero-order chi connectivity index (χ0) is 15.1. The van der Waals surface area contributed by atoms with Gasteiger partial charge < -0.3 is 15.2 Å². The Morgan fingerprint density at radius 2 is 2.14 bits per heavy atom. The molecule has 0 aromatic heterocycles. The lowest BCUT2D eigenvalue weighted by atomic mass is 10.2. The number of aliphatic hydroxyl groups is 1. The number of hydrogen-bond acceptors (Lipinski definition) is 3. The highest BCUT2D eigenvalue weighted by Crippen LogP contribution is 2.26. The summed E-state index contributed by atoms with van der Waals surface area (Å²) in [6, 6.07) is 5.07. The van der Waals surface area contributed by atoms with Crippen LogP contribution in [0.15, 0.2) is 29.8 Å². The van der Waals surface area contributed by atoms with E-state index in [2.05, 4.69) is 11.4 Å². The van der Waals surface area contributed by atoms with Gasteiger partial charge in [-0.2, -0.15) is 0 Å². The van der Waals surface area contributed by atoms with Crippen molar-refractivity contribution in [3.05, 3.63) is 39.9 Å². The van der Waals surface area contributed by atoms with Crippen molar-refractivity contribution in [2.75, 3.05) is 19.7 Å². The number of allylic oxidation sites excluding steroid dienone is 1. The number of benzene rings is 1. The molecule has 116 valence electrons. The Labute approximate surface area is 135 Å². The minimum Gasteiger partial charge on any atom is -0.491 e. The lowest BCUT2D eigenvalue weighted by Gasteiger charge is -2.14. The molecule has 0 amide bonds. The van der Waals surface area contributed by atoms with Gasteiger partial charge in [0, 0.05) is 12.6 Å². The van der Waals surface area contributed by atoms with Crippen molar-refractivity contribution >= 4 is 23.2 Å². The number of hydrogen-bond donors (Lipinski definition) is 2. The normalized spacial score (nSPS) is 15.9. The third-order valence-electron chi connectivity index (χ3n) is 3.47. The predicted octanol–water partition coefficient (Wildman–Crippen LogP) is 3.82. The molecule has 1 unspecified atom stereocenters. The van der Waals surface area contributed by atoms with Crippen LogP contribution in [0.5, 0.6) is 5.75 Å². The monoisotopic (exact) mass is 329 g/mol. The van der Waals surface area contributed by atoms with Crippen LogP contribution in [0.25, 0.3) is 0 Å². The molecule has 1 aromatic carbocycles. The van der Waals surface area contributed by atoms with Gasteiger partial charge in [-0.25, -0.2) is 0 Å². The summed E-state index contributed by atoms with van der Waals surface area (Å²) in [6.45, 7) is 1.65. The van der Waals surface area contributed by atoms with Gasteiger partial charge >= 0.3 is 0 Å². The van der Waals surface area contributed by atoms with Gasteiger partial charge in [-0.15, -0.1) is 0 Å². The van der Waals surface area contributed by atoms with Crippen LogP contribution < -0.4 is 10.1 Å². The Balaban J connectivity index is 1.60. The van der Waals surface area contributed by atoms with Crippen molar-refractivity contribution in [2.24, 2.45) is 0 Å². The molecule has 1 atom stereocenters. The highest BCUT2D eigenvalue weighted by molar-refractivity contribution is 6.42. The average Bonchev–Trinajstić information content (AvgIpc) is 2.98. The Morgan fingerprint density at radius 1 is 1.29 bits per heavy atom. The molecule has 1 aliphatic rings. The van der Waals surface area contributed by atoms with Gasteiger partial charge in [0.25, 0.3) is 0 Å². The summed E-state index contributed by atoms with van der Waals surface area (Å²) < 4.78 is 5.49. The maximum atomic E-state index is 9.87. The number of nitrogens with one attached hydrogen (secondary N) is 1. The fourth-order valence-electron chi connectivity index (χ4n) is 2.30. The standard InChI is InChI=1S/C16H21Cl2NO2/c17-15-6-5-14(9-16(15)18)21-11-13(20)10-19-8-7-12-3-1-2-4-12/h3,5-6,9,13,19-20H,1-2,4,7-8,10-11H2. The van der Waals surface area contributed by atoms with E-state index >= 15 is 0 Å². The highest BCUT2D eigenvalue weighted by atomic mass is 35.5. The molecule has 0 saturated heterocycles. The molecule has 5 heteroatoms. The quantitative estimate of drug-likeness (QED) is 0.562. The third kappa shape index (κ3) is 5.87. The van der Waals surface area contributed by atoms with Gasteiger partial charge in [0.2, 0.25) is 0 Å². The van der Waals surface area contributed by atoms with E-state index in [4.69, 9.17) is 27.9 Å². The molecule has 0 radical (unpaired) electrons. The lowest BCUT2D eigenvalue weighted by Crippen LogP contribution is -2.32. The second-order valence-corrected chi connectivity index (χ2v) is 6.06. The predicted molar refractivity (Wildman–Crippen MR) is 87.4 cm³/mol. The van der Waals surface area contributed by atoms with Crippen LogP contribution in [-0.4, -0.2) is 30.9 Å². The molecule has 1 aromatic rings. The second-order valence-electron chi connectivity index (χ2n) is 5.25. The van der Waals surface area contributed by atoms with Crippen molar-refractivity contribution in [3.8, 4) is 5.75 Å². The van der Waals surface area contributed by atoms with Crippen molar-refractivity contribution in [1.82, 2.24) is 5.32 Å². The van der Waals surface area contributed by atoms with Crippen molar-refractivity contribution in [3.63, 3.8) is 0 Å². The first kappa shape index (κ1) is 16.6. The SMILES string of the molecule is OC(CNCCC1=CCCC1)COc1ccc(Cl)c(Cl)c1. The maximum Gasteiger partial charge on any atom is 0.121 e. The maximum absolute atomic E-state index is 9.87. The van der Waals surface area contributed by atoms with E-state index in [0.29, 0.717) is 22.3 Å². The molecule has 0 spiro atoms. The lowest BCUT2D eigenvalue weighted by molar-refractivity contribution is 0.106. The number of aliphatic hydroxyl groups excluding tert-OH is 1. The van der Waals surface area contributed by atoms with Crippen LogP contribution in [0.4, 0.5) is 0 Å². The summed E-state index contributed by atoms with van der Waals surface area (Å²) in [5.74, 6) is 0.611. The van der Waals surface area contributed by atoms with Crippen molar-refractivity contribution < 1.29 is 9.84 Å². The van der Waals surface area contributed by atoms with E-state index in [-0.39, 0.29) is 6.61 Å². The molecule has 1 aliphatic carbocycles. The molecule has 0 heterocycles. The van der Waals surface area contributed by atoms with Gasteiger partial charge in [-0.1, -0.05) is 34.9 Å². The molecule has 0 bridgehead atoms.